The molecule has 3 aromatic carbocycles. The Hall–Kier alpha value is -3.09. The van der Waals surface area contributed by atoms with Crippen LogP contribution >= 0.6 is 0 Å². The van der Waals surface area contributed by atoms with Crippen molar-refractivity contribution in [1.29, 1.82) is 5.26 Å². The SMILES string of the molecule is COc1ccc(C(O)c2ccc(-c3ccc(C#N)cc3)cc2)cc1. The molecule has 0 aliphatic carbocycles. The molecule has 0 aliphatic heterocycles. The minimum Gasteiger partial charge on any atom is -0.497 e. The molecule has 0 amide bonds. The van der Waals surface area contributed by atoms with Crippen molar-refractivity contribution >= 4 is 0 Å². The van der Waals surface area contributed by atoms with Crippen LogP contribution in [0.4, 0.5) is 0 Å². The molecule has 0 heterocycles. The van der Waals surface area contributed by atoms with E-state index < -0.39 is 6.10 Å². The zero-order valence-corrected chi connectivity index (χ0v) is 13.3. The van der Waals surface area contributed by atoms with Crippen LogP contribution in [-0.4, -0.2) is 12.2 Å². The van der Waals surface area contributed by atoms with Gasteiger partial charge in [-0.25, -0.2) is 0 Å². The van der Waals surface area contributed by atoms with E-state index in [0.717, 1.165) is 28.0 Å². The number of hydrogen-bond acceptors (Lipinski definition) is 3. The number of benzene rings is 3. The number of methoxy groups -OCH3 is 1. The first kappa shape index (κ1) is 15.8. The summed E-state index contributed by atoms with van der Waals surface area (Å²) in [6.45, 7) is 0. The third-order valence-electron chi connectivity index (χ3n) is 4.01. The van der Waals surface area contributed by atoms with E-state index in [9.17, 15) is 5.11 Å². The molecule has 0 radical (unpaired) electrons. The molecule has 1 atom stereocenters. The van der Waals surface area contributed by atoms with Crippen molar-refractivity contribution in [3.05, 3.63) is 89.5 Å². The van der Waals surface area contributed by atoms with E-state index >= 15 is 0 Å². The Balaban J connectivity index is 1.81. The highest BCUT2D eigenvalue weighted by molar-refractivity contribution is 5.64. The van der Waals surface area contributed by atoms with E-state index in [2.05, 4.69) is 6.07 Å². The Morgan fingerprint density at radius 1 is 0.792 bits per heavy atom. The monoisotopic (exact) mass is 315 g/mol. The van der Waals surface area contributed by atoms with E-state index in [1.165, 1.54) is 0 Å². The van der Waals surface area contributed by atoms with Gasteiger partial charge in [-0.15, -0.1) is 0 Å². The molecule has 1 unspecified atom stereocenters. The second kappa shape index (κ2) is 6.99. The molecule has 3 heteroatoms. The molecule has 0 bridgehead atoms. The Labute approximate surface area is 141 Å². The average molecular weight is 315 g/mol. The van der Waals surface area contributed by atoms with E-state index in [-0.39, 0.29) is 0 Å². The summed E-state index contributed by atoms with van der Waals surface area (Å²) in [5.74, 6) is 0.766. The Bertz CT molecular complexity index is 844. The zero-order chi connectivity index (χ0) is 16.9. The van der Waals surface area contributed by atoms with Crippen molar-refractivity contribution < 1.29 is 9.84 Å². The highest BCUT2D eigenvalue weighted by atomic mass is 16.5. The molecule has 1 N–H and O–H groups in total. The van der Waals surface area contributed by atoms with E-state index in [1.807, 2.05) is 60.7 Å². The van der Waals surface area contributed by atoms with Crippen LogP contribution in [0, 0.1) is 11.3 Å². The number of aliphatic hydroxyl groups excluding tert-OH is 1. The van der Waals surface area contributed by atoms with Gasteiger partial charge in [-0.3, -0.25) is 0 Å². The van der Waals surface area contributed by atoms with Gasteiger partial charge in [-0.05, 0) is 46.5 Å². The molecule has 118 valence electrons. The Kier molecular flexibility index (Phi) is 4.60. The van der Waals surface area contributed by atoms with Crippen LogP contribution < -0.4 is 4.74 Å². The lowest BCUT2D eigenvalue weighted by atomic mass is 9.98. The van der Waals surface area contributed by atoms with Gasteiger partial charge >= 0.3 is 0 Å². The predicted octanol–water partition coefficient (Wildman–Crippen LogP) is 4.32. The summed E-state index contributed by atoms with van der Waals surface area (Å²) in [7, 11) is 1.62. The van der Waals surface area contributed by atoms with Crippen molar-refractivity contribution in [3.63, 3.8) is 0 Å². The van der Waals surface area contributed by atoms with Crippen LogP contribution in [0.2, 0.25) is 0 Å². The van der Waals surface area contributed by atoms with Crippen molar-refractivity contribution in [2.75, 3.05) is 7.11 Å². The number of nitrogens with zero attached hydrogens (tertiary/aromatic N) is 1. The molecule has 0 spiro atoms. The number of nitriles is 1. The van der Waals surface area contributed by atoms with Gasteiger partial charge in [0.05, 0.1) is 18.7 Å². The van der Waals surface area contributed by atoms with Crippen molar-refractivity contribution in [1.82, 2.24) is 0 Å². The van der Waals surface area contributed by atoms with Gasteiger partial charge in [0.25, 0.3) is 0 Å². The summed E-state index contributed by atoms with van der Waals surface area (Å²) in [4.78, 5) is 0. The fraction of sp³-hybridized carbons (Fsp3) is 0.0952. The van der Waals surface area contributed by atoms with E-state index in [1.54, 1.807) is 19.2 Å². The summed E-state index contributed by atoms with van der Waals surface area (Å²) in [6.07, 6.45) is -0.675. The summed E-state index contributed by atoms with van der Waals surface area (Å²) in [6, 6.07) is 24.7. The fourth-order valence-electron chi connectivity index (χ4n) is 2.57. The summed E-state index contributed by atoms with van der Waals surface area (Å²) < 4.78 is 5.13. The van der Waals surface area contributed by atoms with E-state index in [4.69, 9.17) is 10.00 Å². The Morgan fingerprint density at radius 3 is 1.71 bits per heavy atom. The molecule has 0 aromatic heterocycles. The molecule has 0 fully saturated rings. The highest BCUT2D eigenvalue weighted by Gasteiger charge is 2.10. The van der Waals surface area contributed by atoms with Crippen molar-refractivity contribution in [2.45, 2.75) is 6.10 Å². The van der Waals surface area contributed by atoms with Crippen LogP contribution in [0.15, 0.2) is 72.8 Å². The summed E-state index contributed by atoms with van der Waals surface area (Å²) in [5, 5.41) is 19.4. The van der Waals surface area contributed by atoms with Crippen LogP contribution in [0.5, 0.6) is 5.75 Å². The minimum absolute atomic E-state index is 0.644. The van der Waals surface area contributed by atoms with Crippen LogP contribution in [0.3, 0.4) is 0 Å². The quantitative estimate of drug-likeness (QED) is 0.780. The Morgan fingerprint density at radius 2 is 1.25 bits per heavy atom. The lowest BCUT2D eigenvalue weighted by Crippen LogP contribution is -1.99. The first-order chi connectivity index (χ1) is 11.7. The topological polar surface area (TPSA) is 53.2 Å². The maximum absolute atomic E-state index is 10.5. The molecule has 0 saturated heterocycles. The maximum atomic E-state index is 10.5. The molecule has 0 aliphatic rings. The summed E-state index contributed by atoms with van der Waals surface area (Å²) in [5.41, 5.74) is 4.38. The normalized spacial score (nSPS) is 11.5. The van der Waals surface area contributed by atoms with Gasteiger partial charge in [0.15, 0.2) is 0 Å². The first-order valence-corrected chi connectivity index (χ1v) is 7.64. The maximum Gasteiger partial charge on any atom is 0.118 e. The zero-order valence-electron chi connectivity index (χ0n) is 13.3. The van der Waals surface area contributed by atoms with Crippen molar-refractivity contribution in [3.8, 4) is 22.9 Å². The van der Waals surface area contributed by atoms with Gasteiger partial charge in [0, 0.05) is 0 Å². The molecular formula is C21H17NO2. The van der Waals surface area contributed by atoms with Crippen LogP contribution in [-0.2, 0) is 0 Å². The fourth-order valence-corrected chi connectivity index (χ4v) is 2.57. The number of hydrogen-bond donors (Lipinski definition) is 1. The van der Waals surface area contributed by atoms with Gasteiger partial charge < -0.3 is 9.84 Å². The van der Waals surface area contributed by atoms with Gasteiger partial charge in [-0.2, -0.15) is 5.26 Å². The van der Waals surface area contributed by atoms with Crippen molar-refractivity contribution in [2.24, 2.45) is 0 Å². The smallest absolute Gasteiger partial charge is 0.118 e. The predicted molar refractivity (Wildman–Crippen MR) is 93.6 cm³/mol. The second-order valence-corrected chi connectivity index (χ2v) is 5.49. The molecule has 3 nitrogen and oxygen atoms in total. The lowest BCUT2D eigenvalue weighted by molar-refractivity contribution is 0.220. The van der Waals surface area contributed by atoms with Gasteiger partial charge in [0.1, 0.15) is 11.9 Å². The number of aliphatic hydroxyl groups is 1. The average Bonchev–Trinajstić information content (AvgIpc) is 2.68. The minimum atomic E-state index is -0.675. The molecule has 3 rings (SSSR count). The van der Waals surface area contributed by atoms with Gasteiger partial charge in [-0.1, -0.05) is 48.5 Å². The number of rotatable bonds is 4. The third-order valence-corrected chi connectivity index (χ3v) is 4.01. The largest absolute Gasteiger partial charge is 0.497 e. The van der Waals surface area contributed by atoms with E-state index in [0.29, 0.717) is 5.56 Å². The molecule has 24 heavy (non-hydrogen) atoms. The second-order valence-electron chi connectivity index (χ2n) is 5.49. The summed E-state index contributed by atoms with van der Waals surface area (Å²) >= 11 is 0. The molecule has 3 aromatic rings. The van der Waals surface area contributed by atoms with Crippen LogP contribution in [0.25, 0.3) is 11.1 Å². The molecule has 0 saturated carbocycles. The lowest BCUT2D eigenvalue weighted by Gasteiger charge is -2.13. The van der Waals surface area contributed by atoms with Crippen LogP contribution in [0.1, 0.15) is 22.8 Å². The standard InChI is InChI=1S/C21H17NO2/c1-24-20-12-10-19(11-13-20)21(23)18-8-6-17(7-9-18)16-4-2-15(14-22)3-5-16/h2-13,21,23H,1H3. The third kappa shape index (κ3) is 3.29. The number of ether oxygens (including phenoxy) is 1. The highest BCUT2D eigenvalue weighted by Crippen LogP contribution is 2.27. The molecular weight excluding hydrogens is 298 g/mol. The van der Waals surface area contributed by atoms with Gasteiger partial charge in [0.2, 0.25) is 0 Å². The first-order valence-electron chi connectivity index (χ1n) is 7.64.